The molecule has 4 nitrogen and oxygen atoms in total. The van der Waals surface area contributed by atoms with E-state index in [2.05, 4.69) is 28.5 Å². The Morgan fingerprint density at radius 2 is 1.88 bits per heavy atom. The average molecular weight is 356 g/mol. The zero-order chi connectivity index (χ0) is 17.5. The Morgan fingerprint density at radius 3 is 2.72 bits per heavy atom. The second kappa shape index (κ2) is 8.81. The summed E-state index contributed by atoms with van der Waals surface area (Å²) in [4.78, 5) is 4.34. The van der Waals surface area contributed by atoms with Crippen LogP contribution >= 0.6 is 0 Å². The Hall–Kier alpha value is -2.14. The number of benzene rings is 2. The van der Waals surface area contributed by atoms with Gasteiger partial charge in [-0.05, 0) is 48.4 Å². The van der Waals surface area contributed by atoms with Gasteiger partial charge in [-0.2, -0.15) is 0 Å². The highest BCUT2D eigenvalue weighted by Gasteiger charge is 2.13. The standard InChI is InChI=1S/C20H25N3OS/c21-20(22-13-14-25(24)15-16-7-2-1-3-8-16)23-19-12-6-10-17-9-4-5-11-18(17)19/h1-3,6-8,10,12H,4-5,9,11,13-15H2,(H3,21,22,23). The molecule has 0 radical (unpaired) electrons. The first-order chi connectivity index (χ1) is 12.2. The van der Waals surface area contributed by atoms with Crippen molar-refractivity contribution in [3.8, 4) is 0 Å². The van der Waals surface area contributed by atoms with E-state index in [1.54, 1.807) is 0 Å². The summed E-state index contributed by atoms with van der Waals surface area (Å²) in [7, 11) is -0.926. The lowest BCUT2D eigenvalue weighted by atomic mass is 9.90. The van der Waals surface area contributed by atoms with Crippen molar-refractivity contribution in [1.82, 2.24) is 0 Å². The number of fused-ring (bicyclic) bond motifs is 1. The lowest BCUT2D eigenvalue weighted by molar-refractivity contribution is 0.682. The van der Waals surface area contributed by atoms with Gasteiger partial charge in [-0.15, -0.1) is 0 Å². The molecule has 5 heteroatoms. The van der Waals surface area contributed by atoms with Crippen LogP contribution in [0.3, 0.4) is 0 Å². The van der Waals surface area contributed by atoms with E-state index in [0.29, 0.717) is 24.0 Å². The highest BCUT2D eigenvalue weighted by molar-refractivity contribution is 7.84. The first-order valence-electron chi connectivity index (χ1n) is 8.79. The molecule has 1 unspecified atom stereocenters. The summed E-state index contributed by atoms with van der Waals surface area (Å²) in [6, 6.07) is 16.2. The Bertz CT molecular complexity index is 759. The van der Waals surface area contributed by atoms with Gasteiger partial charge in [0, 0.05) is 28.0 Å². The molecule has 3 N–H and O–H groups in total. The molecule has 1 aliphatic rings. The molecule has 1 atom stereocenters. The minimum Gasteiger partial charge on any atom is -0.370 e. The van der Waals surface area contributed by atoms with Crippen LogP contribution in [0.1, 0.15) is 29.5 Å². The molecule has 0 bridgehead atoms. The summed E-state index contributed by atoms with van der Waals surface area (Å²) in [5.41, 5.74) is 10.9. The van der Waals surface area contributed by atoms with E-state index in [9.17, 15) is 4.21 Å². The van der Waals surface area contributed by atoms with Crippen molar-refractivity contribution in [3.63, 3.8) is 0 Å². The number of anilines is 1. The maximum Gasteiger partial charge on any atom is 0.193 e. The zero-order valence-corrected chi connectivity index (χ0v) is 15.2. The van der Waals surface area contributed by atoms with Gasteiger partial charge in [-0.3, -0.25) is 9.20 Å². The normalized spacial score (nSPS) is 15.4. The molecule has 0 aliphatic heterocycles. The van der Waals surface area contributed by atoms with Crippen LogP contribution in [0.4, 0.5) is 5.69 Å². The molecule has 2 aromatic carbocycles. The molecular weight excluding hydrogens is 330 g/mol. The molecule has 1 aliphatic carbocycles. The molecule has 0 heterocycles. The predicted molar refractivity (Wildman–Crippen MR) is 106 cm³/mol. The number of hydrogen-bond donors (Lipinski definition) is 2. The molecule has 0 fully saturated rings. The van der Waals surface area contributed by atoms with Gasteiger partial charge in [0.2, 0.25) is 0 Å². The number of nitrogens with zero attached hydrogens (tertiary/aromatic N) is 1. The lowest BCUT2D eigenvalue weighted by Gasteiger charge is -2.19. The van der Waals surface area contributed by atoms with E-state index < -0.39 is 10.8 Å². The number of aryl methyl sites for hydroxylation is 1. The predicted octanol–water partition coefficient (Wildman–Crippen LogP) is 3.24. The minimum absolute atomic E-state index is 0.399. The molecule has 0 spiro atoms. The molecule has 0 saturated carbocycles. The second-order valence-electron chi connectivity index (χ2n) is 6.32. The summed E-state index contributed by atoms with van der Waals surface area (Å²) >= 11 is 0. The number of guanidine groups is 1. The van der Waals surface area contributed by atoms with E-state index >= 15 is 0 Å². The van der Waals surface area contributed by atoms with Crippen molar-refractivity contribution in [3.05, 3.63) is 65.2 Å². The van der Waals surface area contributed by atoms with Crippen LogP contribution in [0.5, 0.6) is 0 Å². The van der Waals surface area contributed by atoms with Gasteiger partial charge >= 0.3 is 0 Å². The molecule has 0 amide bonds. The SMILES string of the molecule is NC(=NCCS(=O)Cc1ccccc1)Nc1cccc2c1CCCC2. The van der Waals surface area contributed by atoms with Gasteiger partial charge in [-0.25, -0.2) is 0 Å². The summed E-state index contributed by atoms with van der Waals surface area (Å²) in [6.45, 7) is 0.466. The molecule has 25 heavy (non-hydrogen) atoms. The van der Waals surface area contributed by atoms with E-state index in [-0.39, 0.29) is 0 Å². The fourth-order valence-electron chi connectivity index (χ4n) is 3.18. The van der Waals surface area contributed by atoms with E-state index in [1.807, 2.05) is 30.3 Å². The van der Waals surface area contributed by atoms with Crippen LogP contribution in [0, 0.1) is 0 Å². The van der Waals surface area contributed by atoms with Gasteiger partial charge in [0.15, 0.2) is 5.96 Å². The molecule has 3 rings (SSSR count). The molecule has 2 aromatic rings. The van der Waals surface area contributed by atoms with Crippen LogP contribution in [0.15, 0.2) is 53.5 Å². The van der Waals surface area contributed by atoms with Gasteiger partial charge < -0.3 is 11.1 Å². The number of nitrogens with two attached hydrogens (primary N) is 1. The number of nitrogens with one attached hydrogen (secondary N) is 1. The third-order valence-corrected chi connectivity index (χ3v) is 5.72. The van der Waals surface area contributed by atoms with E-state index in [0.717, 1.165) is 24.1 Å². The lowest BCUT2D eigenvalue weighted by Crippen LogP contribution is -2.25. The van der Waals surface area contributed by atoms with Crippen molar-refractivity contribution in [2.75, 3.05) is 17.6 Å². The maximum atomic E-state index is 12.1. The van der Waals surface area contributed by atoms with Crippen molar-refractivity contribution in [1.29, 1.82) is 0 Å². The Morgan fingerprint density at radius 1 is 1.08 bits per heavy atom. The number of hydrogen-bond acceptors (Lipinski definition) is 2. The van der Waals surface area contributed by atoms with Gasteiger partial charge in [0.05, 0.1) is 6.54 Å². The monoisotopic (exact) mass is 355 g/mol. The van der Waals surface area contributed by atoms with Crippen molar-refractivity contribution in [2.24, 2.45) is 10.7 Å². The Kier molecular flexibility index (Phi) is 6.23. The summed E-state index contributed by atoms with van der Waals surface area (Å²) in [6.07, 6.45) is 4.71. The van der Waals surface area contributed by atoms with E-state index in [1.165, 1.54) is 24.0 Å². The molecule has 0 saturated heterocycles. The van der Waals surface area contributed by atoms with Crippen LogP contribution in [0.25, 0.3) is 0 Å². The highest BCUT2D eigenvalue weighted by Crippen LogP contribution is 2.27. The van der Waals surface area contributed by atoms with Gasteiger partial charge in [-0.1, -0.05) is 42.5 Å². The van der Waals surface area contributed by atoms with Crippen molar-refractivity contribution >= 4 is 22.4 Å². The van der Waals surface area contributed by atoms with Crippen LogP contribution < -0.4 is 11.1 Å². The largest absolute Gasteiger partial charge is 0.370 e. The molecular formula is C20H25N3OS. The summed E-state index contributed by atoms with van der Waals surface area (Å²) in [5.74, 6) is 1.48. The summed E-state index contributed by atoms with van der Waals surface area (Å²) in [5, 5.41) is 3.22. The highest BCUT2D eigenvalue weighted by atomic mass is 32.2. The van der Waals surface area contributed by atoms with Crippen LogP contribution in [-0.4, -0.2) is 22.5 Å². The quantitative estimate of drug-likeness (QED) is 0.617. The fraction of sp³-hybridized carbons (Fsp3) is 0.350. The van der Waals surface area contributed by atoms with Crippen molar-refractivity contribution in [2.45, 2.75) is 31.4 Å². The Balaban J connectivity index is 1.52. The van der Waals surface area contributed by atoms with Crippen LogP contribution in [-0.2, 0) is 29.4 Å². The fourth-order valence-corrected chi connectivity index (χ4v) is 4.18. The summed E-state index contributed by atoms with van der Waals surface area (Å²) < 4.78 is 12.1. The molecule has 0 aromatic heterocycles. The van der Waals surface area contributed by atoms with Crippen molar-refractivity contribution < 1.29 is 4.21 Å². The third-order valence-electron chi connectivity index (χ3n) is 4.43. The van der Waals surface area contributed by atoms with Crippen LogP contribution in [0.2, 0.25) is 0 Å². The maximum absolute atomic E-state index is 12.1. The van der Waals surface area contributed by atoms with E-state index in [4.69, 9.17) is 5.73 Å². The number of aliphatic imine (C=N–C) groups is 1. The third kappa shape index (κ3) is 5.16. The second-order valence-corrected chi connectivity index (χ2v) is 7.89. The Labute approximate surface area is 152 Å². The topological polar surface area (TPSA) is 67.5 Å². The average Bonchev–Trinajstić information content (AvgIpc) is 2.63. The minimum atomic E-state index is -0.926. The van der Waals surface area contributed by atoms with Gasteiger partial charge in [0.25, 0.3) is 0 Å². The smallest absolute Gasteiger partial charge is 0.193 e. The first kappa shape index (κ1) is 17.7. The molecule has 132 valence electrons. The first-order valence-corrected chi connectivity index (χ1v) is 10.3. The number of rotatable bonds is 6. The van der Waals surface area contributed by atoms with Gasteiger partial charge in [0.1, 0.15) is 0 Å². The zero-order valence-electron chi connectivity index (χ0n) is 14.4.